The summed E-state index contributed by atoms with van der Waals surface area (Å²) in [6.45, 7) is 1.55. The van der Waals surface area contributed by atoms with Crippen LogP contribution in [0.4, 0.5) is 0 Å². The first-order valence-electron chi connectivity index (χ1n) is 7.11. The average molecular weight is 368 g/mol. The molecule has 0 radical (unpaired) electrons. The number of nitrogens with zero attached hydrogens (tertiary/aromatic N) is 3. The van der Waals surface area contributed by atoms with Crippen LogP contribution in [-0.2, 0) is 6.54 Å². The van der Waals surface area contributed by atoms with E-state index in [9.17, 15) is 4.79 Å². The first kappa shape index (κ1) is 19.9. The Morgan fingerprint density at radius 1 is 1.17 bits per heavy atom. The van der Waals surface area contributed by atoms with Gasteiger partial charge in [-0.15, -0.1) is 24.8 Å². The lowest BCUT2D eigenvalue weighted by atomic mass is 10.2. The van der Waals surface area contributed by atoms with E-state index in [1.165, 1.54) is 5.56 Å². The lowest BCUT2D eigenvalue weighted by Gasteiger charge is -2.05. The fourth-order valence-corrected chi connectivity index (χ4v) is 2.26. The Kier molecular flexibility index (Phi) is 7.64. The fraction of sp³-hybridized carbons (Fsp3) is 0.188. The molecule has 128 valence electrons. The number of pyridine rings is 1. The Labute approximate surface area is 152 Å². The third kappa shape index (κ3) is 4.44. The molecule has 0 saturated heterocycles. The summed E-state index contributed by atoms with van der Waals surface area (Å²) in [6.07, 6.45) is 3.31. The molecule has 2 heterocycles. The van der Waals surface area contributed by atoms with Gasteiger partial charge >= 0.3 is 0 Å². The smallest absolute Gasteiger partial charge is 0.252 e. The molecule has 3 rings (SSSR count). The highest BCUT2D eigenvalue weighted by Gasteiger charge is 2.10. The van der Waals surface area contributed by atoms with Crippen LogP contribution in [0.15, 0.2) is 48.9 Å². The predicted octanol–water partition coefficient (Wildman–Crippen LogP) is 2.01. The van der Waals surface area contributed by atoms with Crippen LogP contribution in [0, 0.1) is 0 Å². The zero-order chi connectivity index (χ0) is 15.4. The number of carbonyl (C=O) groups excluding carboxylic acids is 1. The van der Waals surface area contributed by atoms with Gasteiger partial charge in [0.15, 0.2) is 5.65 Å². The fourth-order valence-electron chi connectivity index (χ4n) is 2.26. The van der Waals surface area contributed by atoms with E-state index in [2.05, 4.69) is 27.4 Å². The second-order valence-electron chi connectivity index (χ2n) is 4.97. The summed E-state index contributed by atoms with van der Waals surface area (Å²) in [6, 6.07) is 11.8. The Hall–Kier alpha value is -2.15. The number of nitrogens with two attached hydrogens (primary N) is 1. The average Bonchev–Trinajstić information content (AvgIpc) is 2.96. The van der Waals surface area contributed by atoms with Crippen molar-refractivity contribution in [2.45, 2.75) is 6.54 Å². The van der Waals surface area contributed by atoms with Crippen LogP contribution >= 0.6 is 24.8 Å². The summed E-state index contributed by atoms with van der Waals surface area (Å²) in [5.41, 5.74) is 8.51. The molecular formula is C16H19Cl2N5O. The van der Waals surface area contributed by atoms with Crippen molar-refractivity contribution in [1.82, 2.24) is 19.9 Å². The quantitative estimate of drug-likeness (QED) is 0.722. The van der Waals surface area contributed by atoms with Gasteiger partial charge in [0.25, 0.3) is 5.91 Å². The molecule has 24 heavy (non-hydrogen) atoms. The molecule has 0 aliphatic carbocycles. The molecule has 0 bridgehead atoms. The Morgan fingerprint density at radius 2 is 1.92 bits per heavy atom. The number of benzene rings is 1. The number of hydrogen-bond acceptors (Lipinski definition) is 4. The molecule has 1 amide bonds. The molecule has 0 atom stereocenters. The number of fused-ring (bicyclic) bond motifs is 1. The summed E-state index contributed by atoms with van der Waals surface area (Å²) in [4.78, 5) is 20.6. The molecule has 0 saturated carbocycles. The second-order valence-corrected chi connectivity index (χ2v) is 4.97. The molecule has 3 aromatic rings. The molecular weight excluding hydrogens is 349 g/mol. The van der Waals surface area contributed by atoms with E-state index in [0.717, 1.165) is 5.65 Å². The Morgan fingerprint density at radius 3 is 2.62 bits per heavy atom. The van der Waals surface area contributed by atoms with Crippen LogP contribution in [0.25, 0.3) is 11.2 Å². The number of halogens is 2. The van der Waals surface area contributed by atoms with Crippen molar-refractivity contribution in [2.24, 2.45) is 5.73 Å². The van der Waals surface area contributed by atoms with Crippen molar-refractivity contribution in [3.63, 3.8) is 0 Å². The molecule has 1 aromatic carbocycles. The standard InChI is InChI=1S/C16H17N5O.2ClH/c17-6-7-18-16(22)13-8-14-15(19-9-13)21(11-20-14)10-12-4-2-1-3-5-12;;/h1-5,8-9,11H,6-7,10,17H2,(H,18,22);2*1H. The van der Waals surface area contributed by atoms with Gasteiger partial charge in [-0.2, -0.15) is 0 Å². The van der Waals surface area contributed by atoms with Crippen molar-refractivity contribution in [1.29, 1.82) is 0 Å². The van der Waals surface area contributed by atoms with Gasteiger partial charge in [-0.25, -0.2) is 9.97 Å². The molecule has 0 spiro atoms. The van der Waals surface area contributed by atoms with Crippen LogP contribution < -0.4 is 11.1 Å². The zero-order valence-electron chi connectivity index (χ0n) is 12.9. The van der Waals surface area contributed by atoms with Gasteiger partial charge in [0.05, 0.1) is 18.4 Å². The first-order valence-corrected chi connectivity index (χ1v) is 7.11. The number of rotatable bonds is 5. The maximum Gasteiger partial charge on any atom is 0.252 e. The van der Waals surface area contributed by atoms with Gasteiger partial charge in [-0.3, -0.25) is 4.79 Å². The highest BCUT2D eigenvalue weighted by Crippen LogP contribution is 2.14. The minimum absolute atomic E-state index is 0. The normalized spacial score (nSPS) is 9.88. The van der Waals surface area contributed by atoms with Crippen LogP contribution in [0.1, 0.15) is 15.9 Å². The number of hydrogen-bond donors (Lipinski definition) is 2. The lowest BCUT2D eigenvalue weighted by Crippen LogP contribution is -2.29. The van der Waals surface area contributed by atoms with Crippen molar-refractivity contribution < 1.29 is 4.79 Å². The lowest BCUT2D eigenvalue weighted by molar-refractivity contribution is 0.0954. The summed E-state index contributed by atoms with van der Waals surface area (Å²) in [5.74, 6) is -0.183. The maximum absolute atomic E-state index is 11.9. The number of imidazole rings is 1. The summed E-state index contributed by atoms with van der Waals surface area (Å²) >= 11 is 0. The maximum atomic E-state index is 11.9. The first-order chi connectivity index (χ1) is 10.8. The number of nitrogens with one attached hydrogen (secondary N) is 1. The second kappa shape index (κ2) is 9.22. The zero-order valence-corrected chi connectivity index (χ0v) is 14.5. The van der Waals surface area contributed by atoms with Crippen LogP contribution in [-0.4, -0.2) is 33.5 Å². The van der Waals surface area contributed by atoms with Gasteiger partial charge in [0, 0.05) is 19.3 Å². The summed E-state index contributed by atoms with van der Waals surface area (Å²) in [7, 11) is 0. The molecule has 2 aromatic heterocycles. The number of carbonyl (C=O) groups is 1. The summed E-state index contributed by atoms with van der Waals surface area (Å²) in [5, 5.41) is 2.72. The van der Waals surface area contributed by atoms with Crippen molar-refractivity contribution >= 4 is 41.9 Å². The predicted molar refractivity (Wildman–Crippen MR) is 99.0 cm³/mol. The van der Waals surface area contributed by atoms with E-state index in [4.69, 9.17) is 5.73 Å². The van der Waals surface area contributed by atoms with Gasteiger partial charge in [-0.1, -0.05) is 30.3 Å². The van der Waals surface area contributed by atoms with Crippen molar-refractivity contribution in [3.8, 4) is 0 Å². The van der Waals surface area contributed by atoms with E-state index in [1.807, 2.05) is 22.8 Å². The van der Waals surface area contributed by atoms with Gasteiger partial charge < -0.3 is 15.6 Å². The molecule has 0 aliphatic heterocycles. The minimum Gasteiger partial charge on any atom is -0.351 e. The van der Waals surface area contributed by atoms with Crippen LogP contribution in [0.3, 0.4) is 0 Å². The van der Waals surface area contributed by atoms with E-state index >= 15 is 0 Å². The molecule has 0 unspecified atom stereocenters. The van der Waals surface area contributed by atoms with E-state index in [1.54, 1.807) is 18.6 Å². The Bertz CT molecular complexity index is 792. The Balaban J connectivity index is 0.00000144. The van der Waals surface area contributed by atoms with Crippen LogP contribution in [0.5, 0.6) is 0 Å². The van der Waals surface area contributed by atoms with Gasteiger partial charge in [-0.05, 0) is 11.6 Å². The van der Waals surface area contributed by atoms with E-state index < -0.39 is 0 Å². The number of aromatic nitrogens is 3. The minimum atomic E-state index is -0.183. The van der Waals surface area contributed by atoms with Crippen molar-refractivity contribution in [2.75, 3.05) is 13.1 Å². The SMILES string of the molecule is Cl.Cl.NCCNC(=O)c1cnc2c(c1)ncn2Cc1ccccc1. The monoisotopic (exact) mass is 367 g/mol. The largest absolute Gasteiger partial charge is 0.351 e. The topological polar surface area (TPSA) is 85.8 Å². The van der Waals surface area contributed by atoms with Crippen molar-refractivity contribution in [3.05, 3.63) is 60.0 Å². The third-order valence-electron chi connectivity index (χ3n) is 3.34. The van der Waals surface area contributed by atoms with E-state index in [-0.39, 0.29) is 30.7 Å². The number of amides is 1. The molecule has 6 nitrogen and oxygen atoms in total. The molecule has 0 aliphatic rings. The molecule has 3 N–H and O–H groups in total. The highest BCUT2D eigenvalue weighted by molar-refractivity contribution is 5.96. The molecule has 8 heteroatoms. The molecule has 0 fully saturated rings. The van der Waals surface area contributed by atoms with Gasteiger partial charge in [0.2, 0.25) is 0 Å². The third-order valence-corrected chi connectivity index (χ3v) is 3.34. The summed E-state index contributed by atoms with van der Waals surface area (Å²) < 4.78 is 1.96. The highest BCUT2D eigenvalue weighted by atomic mass is 35.5. The van der Waals surface area contributed by atoms with Crippen LogP contribution in [0.2, 0.25) is 0 Å². The van der Waals surface area contributed by atoms with Gasteiger partial charge in [0.1, 0.15) is 5.52 Å². The van der Waals surface area contributed by atoms with E-state index in [0.29, 0.717) is 30.7 Å².